The van der Waals surface area contributed by atoms with Crippen molar-refractivity contribution in [2.75, 3.05) is 19.5 Å². The predicted molar refractivity (Wildman–Crippen MR) is 88.7 cm³/mol. The Bertz CT molecular complexity index is 873. The lowest BCUT2D eigenvalue weighted by molar-refractivity contribution is 0.101. The zero-order valence-electron chi connectivity index (χ0n) is 14.2. The van der Waals surface area contributed by atoms with Gasteiger partial charge in [-0.2, -0.15) is 5.10 Å². The van der Waals surface area contributed by atoms with Crippen molar-refractivity contribution in [1.82, 2.24) is 20.0 Å². The third kappa shape index (κ3) is 3.30. The molecule has 1 aromatic carbocycles. The molecule has 0 saturated carbocycles. The Kier molecular flexibility index (Phi) is 4.38. The molecular formula is C16H17N5O4. The van der Waals surface area contributed by atoms with Crippen LogP contribution in [0.5, 0.6) is 11.5 Å². The molecule has 9 heteroatoms. The van der Waals surface area contributed by atoms with Gasteiger partial charge in [0.1, 0.15) is 17.2 Å². The third-order valence-electron chi connectivity index (χ3n) is 3.58. The molecule has 0 radical (unpaired) electrons. The van der Waals surface area contributed by atoms with Crippen molar-refractivity contribution in [3.05, 3.63) is 35.7 Å². The highest BCUT2D eigenvalue weighted by molar-refractivity contribution is 6.02. The minimum absolute atomic E-state index is 0.0117. The molecule has 1 N–H and O–H groups in total. The summed E-state index contributed by atoms with van der Waals surface area (Å²) in [5.41, 5.74) is 1.78. The largest absolute Gasteiger partial charge is 0.497 e. The molecule has 0 fully saturated rings. The number of hydrogen-bond acceptors (Lipinski definition) is 7. The zero-order chi connectivity index (χ0) is 18.0. The van der Waals surface area contributed by atoms with E-state index in [-0.39, 0.29) is 17.8 Å². The van der Waals surface area contributed by atoms with Gasteiger partial charge in [0.15, 0.2) is 0 Å². The number of rotatable bonds is 5. The van der Waals surface area contributed by atoms with Crippen LogP contribution in [0.25, 0.3) is 11.5 Å². The average molecular weight is 343 g/mol. The molecule has 0 saturated heterocycles. The average Bonchev–Trinajstić information content (AvgIpc) is 3.20. The minimum atomic E-state index is -0.379. The highest BCUT2D eigenvalue weighted by Gasteiger charge is 2.18. The topological polar surface area (TPSA) is 104 Å². The molecule has 1 amide bonds. The smallest absolute Gasteiger partial charge is 0.322 e. The molecule has 130 valence electrons. The number of anilines is 1. The van der Waals surface area contributed by atoms with E-state index in [2.05, 4.69) is 20.6 Å². The summed E-state index contributed by atoms with van der Waals surface area (Å²) in [6.45, 7) is 1.80. The van der Waals surface area contributed by atoms with Gasteiger partial charge in [0.2, 0.25) is 5.89 Å². The van der Waals surface area contributed by atoms with Gasteiger partial charge in [0.25, 0.3) is 5.91 Å². The summed E-state index contributed by atoms with van der Waals surface area (Å²) < 4.78 is 17.4. The molecular weight excluding hydrogens is 326 g/mol. The molecule has 0 aliphatic heterocycles. The van der Waals surface area contributed by atoms with Gasteiger partial charge in [-0.3, -0.25) is 14.8 Å². The van der Waals surface area contributed by atoms with Crippen LogP contribution in [0.3, 0.4) is 0 Å². The van der Waals surface area contributed by atoms with E-state index in [0.717, 1.165) is 5.56 Å². The van der Waals surface area contributed by atoms with E-state index >= 15 is 0 Å². The number of benzene rings is 1. The molecule has 0 bridgehead atoms. The van der Waals surface area contributed by atoms with Crippen molar-refractivity contribution >= 4 is 11.9 Å². The van der Waals surface area contributed by atoms with Crippen LogP contribution in [0.1, 0.15) is 16.1 Å². The molecule has 0 aliphatic rings. The Morgan fingerprint density at radius 2 is 1.84 bits per heavy atom. The first-order valence-electron chi connectivity index (χ1n) is 7.38. The number of methoxy groups -OCH3 is 2. The van der Waals surface area contributed by atoms with Crippen molar-refractivity contribution in [3.63, 3.8) is 0 Å². The Labute approximate surface area is 143 Å². The second-order valence-corrected chi connectivity index (χ2v) is 5.27. The first-order chi connectivity index (χ1) is 12.0. The van der Waals surface area contributed by atoms with Gasteiger partial charge in [-0.1, -0.05) is 5.10 Å². The SMILES string of the molecule is COc1cc(OC)cc(-c2nnc(NC(=O)c3c(C)cnn3C)o2)c1. The van der Waals surface area contributed by atoms with Gasteiger partial charge in [-0.05, 0) is 24.6 Å². The van der Waals surface area contributed by atoms with Crippen LogP contribution in [0.15, 0.2) is 28.8 Å². The van der Waals surface area contributed by atoms with Crippen molar-refractivity contribution < 1.29 is 18.7 Å². The summed E-state index contributed by atoms with van der Waals surface area (Å²) in [5, 5.41) is 14.4. The number of aromatic nitrogens is 4. The standard InChI is InChI=1S/C16H17N5O4/c1-9-8-17-21(2)13(9)14(22)18-16-20-19-15(25-16)10-5-11(23-3)7-12(6-10)24-4/h5-8H,1-4H3,(H,18,20,22). The summed E-state index contributed by atoms with van der Waals surface area (Å²) in [7, 11) is 4.78. The van der Waals surface area contributed by atoms with Crippen molar-refractivity contribution in [3.8, 4) is 23.0 Å². The van der Waals surface area contributed by atoms with Crippen LogP contribution in [0.2, 0.25) is 0 Å². The molecule has 2 aromatic heterocycles. The number of hydrogen-bond donors (Lipinski definition) is 1. The molecule has 25 heavy (non-hydrogen) atoms. The van der Waals surface area contributed by atoms with Gasteiger partial charge in [-0.25, -0.2) is 0 Å². The second-order valence-electron chi connectivity index (χ2n) is 5.27. The fourth-order valence-corrected chi connectivity index (χ4v) is 2.35. The van der Waals surface area contributed by atoms with Gasteiger partial charge in [0.05, 0.1) is 20.4 Å². The van der Waals surface area contributed by atoms with E-state index < -0.39 is 0 Å². The highest BCUT2D eigenvalue weighted by Crippen LogP contribution is 2.29. The molecule has 0 spiro atoms. The van der Waals surface area contributed by atoms with E-state index in [1.807, 2.05) is 0 Å². The zero-order valence-corrected chi connectivity index (χ0v) is 14.2. The summed E-state index contributed by atoms with van der Waals surface area (Å²) in [6, 6.07) is 5.18. The fraction of sp³-hybridized carbons (Fsp3) is 0.250. The first-order valence-corrected chi connectivity index (χ1v) is 7.38. The number of nitrogens with zero attached hydrogens (tertiary/aromatic N) is 4. The van der Waals surface area contributed by atoms with Crippen molar-refractivity contribution in [1.29, 1.82) is 0 Å². The summed E-state index contributed by atoms with van der Waals surface area (Å²) in [4.78, 5) is 12.3. The quantitative estimate of drug-likeness (QED) is 0.756. The molecule has 2 heterocycles. The maximum absolute atomic E-state index is 12.3. The first kappa shape index (κ1) is 16.5. The van der Waals surface area contributed by atoms with E-state index in [1.165, 1.54) is 4.68 Å². The van der Waals surface area contributed by atoms with E-state index in [1.54, 1.807) is 52.6 Å². The molecule has 3 rings (SSSR count). The lowest BCUT2D eigenvalue weighted by Gasteiger charge is -2.05. The monoisotopic (exact) mass is 343 g/mol. The normalized spacial score (nSPS) is 10.6. The highest BCUT2D eigenvalue weighted by atomic mass is 16.5. The van der Waals surface area contributed by atoms with Crippen molar-refractivity contribution in [2.45, 2.75) is 6.92 Å². The second kappa shape index (κ2) is 6.63. The number of carbonyl (C=O) groups excluding carboxylic acids is 1. The summed E-state index contributed by atoms with van der Waals surface area (Å²) in [6.07, 6.45) is 1.61. The van der Waals surface area contributed by atoms with Gasteiger partial charge in [-0.15, -0.1) is 5.10 Å². The molecule has 0 aliphatic carbocycles. The van der Waals surface area contributed by atoms with Crippen LogP contribution in [-0.4, -0.2) is 40.1 Å². The Morgan fingerprint density at radius 3 is 2.40 bits per heavy atom. The summed E-state index contributed by atoms with van der Waals surface area (Å²) in [5.74, 6) is 1.03. The van der Waals surface area contributed by atoms with Crippen molar-refractivity contribution in [2.24, 2.45) is 7.05 Å². The number of aryl methyl sites for hydroxylation is 2. The molecule has 0 unspecified atom stereocenters. The third-order valence-corrected chi connectivity index (χ3v) is 3.58. The Morgan fingerprint density at radius 1 is 1.16 bits per heavy atom. The van der Waals surface area contributed by atoms with E-state index in [4.69, 9.17) is 13.9 Å². The number of ether oxygens (including phenoxy) is 2. The lowest BCUT2D eigenvalue weighted by atomic mass is 10.2. The molecule has 3 aromatic rings. The van der Waals surface area contributed by atoms with Crippen LogP contribution >= 0.6 is 0 Å². The predicted octanol–water partition coefficient (Wildman–Crippen LogP) is 2.05. The van der Waals surface area contributed by atoms with E-state index in [0.29, 0.717) is 22.8 Å². The van der Waals surface area contributed by atoms with Gasteiger partial charge in [0, 0.05) is 18.7 Å². The minimum Gasteiger partial charge on any atom is -0.497 e. The summed E-state index contributed by atoms with van der Waals surface area (Å²) >= 11 is 0. The maximum atomic E-state index is 12.3. The van der Waals surface area contributed by atoms with Crippen LogP contribution in [0.4, 0.5) is 6.01 Å². The van der Waals surface area contributed by atoms with Crippen LogP contribution in [-0.2, 0) is 7.05 Å². The van der Waals surface area contributed by atoms with E-state index in [9.17, 15) is 4.79 Å². The number of nitrogens with one attached hydrogen (secondary N) is 1. The van der Waals surface area contributed by atoms with Gasteiger partial charge < -0.3 is 13.9 Å². The van der Waals surface area contributed by atoms with Crippen LogP contribution in [0, 0.1) is 6.92 Å². The molecule has 9 nitrogen and oxygen atoms in total. The van der Waals surface area contributed by atoms with Gasteiger partial charge >= 0.3 is 6.01 Å². The Balaban J connectivity index is 1.84. The van der Waals surface area contributed by atoms with Crippen LogP contribution < -0.4 is 14.8 Å². The number of amides is 1. The number of carbonyl (C=O) groups is 1. The lowest BCUT2D eigenvalue weighted by Crippen LogP contribution is -2.17. The molecule has 0 atom stereocenters. The fourth-order valence-electron chi connectivity index (χ4n) is 2.35. The Hall–Kier alpha value is -3.36. The maximum Gasteiger partial charge on any atom is 0.322 e.